The van der Waals surface area contributed by atoms with E-state index in [0.717, 1.165) is 18.7 Å². The minimum absolute atomic E-state index is 0.0477. The second kappa shape index (κ2) is 10.3. The number of ether oxygens (including phenoxy) is 1. The molecule has 1 heterocycles. The molecule has 0 aliphatic carbocycles. The first kappa shape index (κ1) is 21.9. The molecule has 0 radical (unpaired) electrons. The first-order chi connectivity index (χ1) is 13.9. The molecule has 0 aromatic heterocycles. The summed E-state index contributed by atoms with van der Waals surface area (Å²) in [5.41, 5.74) is 1.24. The van der Waals surface area contributed by atoms with E-state index >= 15 is 0 Å². The van der Waals surface area contributed by atoms with Gasteiger partial charge in [-0.2, -0.15) is 0 Å². The standard InChI is InChI=1S/C20H20Cl2FN3O2S/c21-14-3-6-16(17(22)11-14)19(27)25-20(29)24-12-18(26-7-9-28-10-8-26)13-1-4-15(23)5-2-13/h1-6,11,18H,7-10,12H2,(H2,24,25,27,29). The van der Waals surface area contributed by atoms with E-state index in [1.165, 1.54) is 24.3 Å². The first-order valence-corrected chi connectivity index (χ1v) is 10.2. The van der Waals surface area contributed by atoms with Crippen LogP contribution >= 0.6 is 35.4 Å². The monoisotopic (exact) mass is 455 g/mol. The van der Waals surface area contributed by atoms with Crippen molar-refractivity contribution in [2.24, 2.45) is 0 Å². The molecule has 2 aromatic rings. The average Bonchev–Trinajstić information content (AvgIpc) is 2.70. The van der Waals surface area contributed by atoms with Crippen molar-refractivity contribution in [3.8, 4) is 0 Å². The molecule has 2 aromatic carbocycles. The fourth-order valence-electron chi connectivity index (χ4n) is 3.11. The van der Waals surface area contributed by atoms with Crippen LogP contribution in [0.4, 0.5) is 4.39 Å². The van der Waals surface area contributed by atoms with Gasteiger partial charge in [-0.25, -0.2) is 4.39 Å². The van der Waals surface area contributed by atoms with Crippen LogP contribution in [-0.4, -0.2) is 48.8 Å². The number of benzene rings is 2. The molecular formula is C20H20Cl2FN3O2S. The Hall–Kier alpha value is -1.77. The molecule has 1 atom stereocenters. The highest BCUT2D eigenvalue weighted by Crippen LogP contribution is 2.22. The maximum atomic E-state index is 13.3. The van der Waals surface area contributed by atoms with Gasteiger partial charge in [-0.3, -0.25) is 15.0 Å². The number of amides is 1. The number of morpholine rings is 1. The van der Waals surface area contributed by atoms with E-state index in [1.54, 1.807) is 18.2 Å². The molecular weight excluding hydrogens is 436 g/mol. The summed E-state index contributed by atoms with van der Waals surface area (Å²) in [6.45, 7) is 3.22. The molecule has 1 aliphatic heterocycles. The number of rotatable bonds is 5. The van der Waals surface area contributed by atoms with Gasteiger partial charge in [0.1, 0.15) is 5.82 Å². The molecule has 154 valence electrons. The minimum atomic E-state index is -0.422. The van der Waals surface area contributed by atoms with Crippen molar-refractivity contribution in [3.63, 3.8) is 0 Å². The Morgan fingerprint density at radius 2 is 1.86 bits per heavy atom. The predicted octanol–water partition coefficient (Wildman–Crippen LogP) is 3.81. The zero-order valence-corrected chi connectivity index (χ0v) is 17.8. The van der Waals surface area contributed by atoms with E-state index in [9.17, 15) is 9.18 Å². The SMILES string of the molecule is O=C(NC(=S)NCC(c1ccc(F)cc1)N1CCOCC1)c1ccc(Cl)cc1Cl. The fourth-order valence-corrected chi connectivity index (χ4v) is 3.78. The van der Waals surface area contributed by atoms with Crippen molar-refractivity contribution in [2.45, 2.75) is 6.04 Å². The molecule has 1 aliphatic rings. The van der Waals surface area contributed by atoms with Gasteiger partial charge in [0.15, 0.2) is 5.11 Å². The normalized spacial score (nSPS) is 15.6. The number of hydrogen-bond donors (Lipinski definition) is 2. The average molecular weight is 456 g/mol. The summed E-state index contributed by atoms with van der Waals surface area (Å²) in [6.07, 6.45) is 0. The zero-order valence-electron chi connectivity index (χ0n) is 15.5. The van der Waals surface area contributed by atoms with Crippen LogP contribution in [0.15, 0.2) is 42.5 Å². The number of thiocarbonyl (C=S) groups is 1. The lowest BCUT2D eigenvalue weighted by atomic mass is 10.0. The van der Waals surface area contributed by atoms with Gasteiger partial charge < -0.3 is 10.1 Å². The highest BCUT2D eigenvalue weighted by atomic mass is 35.5. The van der Waals surface area contributed by atoms with Gasteiger partial charge in [-0.1, -0.05) is 35.3 Å². The largest absolute Gasteiger partial charge is 0.379 e. The van der Waals surface area contributed by atoms with Crippen LogP contribution in [0, 0.1) is 5.82 Å². The van der Waals surface area contributed by atoms with Crippen LogP contribution in [0.25, 0.3) is 0 Å². The van der Waals surface area contributed by atoms with Crippen molar-refractivity contribution >= 4 is 46.4 Å². The second-order valence-electron chi connectivity index (χ2n) is 6.50. The first-order valence-electron chi connectivity index (χ1n) is 9.05. The summed E-state index contributed by atoms with van der Waals surface area (Å²) in [5, 5.41) is 6.58. The smallest absolute Gasteiger partial charge is 0.258 e. The third kappa shape index (κ3) is 6.10. The second-order valence-corrected chi connectivity index (χ2v) is 7.76. The summed E-state index contributed by atoms with van der Waals surface area (Å²) in [6, 6.07) is 11.0. The van der Waals surface area contributed by atoms with Crippen LogP contribution in [-0.2, 0) is 4.74 Å². The van der Waals surface area contributed by atoms with Crippen LogP contribution < -0.4 is 10.6 Å². The molecule has 1 amide bonds. The lowest BCUT2D eigenvalue weighted by Gasteiger charge is -2.35. The Morgan fingerprint density at radius 1 is 1.17 bits per heavy atom. The molecule has 1 unspecified atom stereocenters. The quantitative estimate of drug-likeness (QED) is 0.671. The van der Waals surface area contributed by atoms with Gasteiger partial charge in [0.05, 0.1) is 29.8 Å². The van der Waals surface area contributed by atoms with Crippen LogP contribution in [0.5, 0.6) is 0 Å². The number of nitrogens with zero attached hydrogens (tertiary/aromatic N) is 1. The van der Waals surface area contributed by atoms with E-state index < -0.39 is 5.91 Å². The third-order valence-corrected chi connectivity index (χ3v) is 5.39. The molecule has 29 heavy (non-hydrogen) atoms. The molecule has 0 spiro atoms. The number of hydrogen-bond acceptors (Lipinski definition) is 4. The molecule has 5 nitrogen and oxygen atoms in total. The van der Waals surface area contributed by atoms with Gasteiger partial charge in [-0.15, -0.1) is 0 Å². The Kier molecular flexibility index (Phi) is 7.80. The van der Waals surface area contributed by atoms with Crippen LogP contribution in [0.2, 0.25) is 10.0 Å². The highest BCUT2D eigenvalue weighted by molar-refractivity contribution is 7.80. The van der Waals surface area contributed by atoms with Gasteiger partial charge in [0, 0.05) is 24.7 Å². The van der Waals surface area contributed by atoms with Crippen molar-refractivity contribution < 1.29 is 13.9 Å². The number of carbonyl (C=O) groups excluding carboxylic acids is 1. The molecule has 1 saturated heterocycles. The summed E-state index contributed by atoms with van der Waals surface area (Å²) in [7, 11) is 0. The molecule has 0 bridgehead atoms. The maximum absolute atomic E-state index is 13.3. The Balaban J connectivity index is 1.64. The van der Waals surface area contributed by atoms with E-state index in [-0.39, 0.29) is 27.6 Å². The van der Waals surface area contributed by atoms with Crippen molar-refractivity contribution in [1.82, 2.24) is 15.5 Å². The molecule has 3 rings (SSSR count). The fraction of sp³-hybridized carbons (Fsp3) is 0.300. The molecule has 0 saturated carbocycles. The Morgan fingerprint density at radius 3 is 2.52 bits per heavy atom. The minimum Gasteiger partial charge on any atom is -0.379 e. The zero-order chi connectivity index (χ0) is 20.8. The van der Waals surface area contributed by atoms with Gasteiger partial charge >= 0.3 is 0 Å². The summed E-state index contributed by atoms with van der Waals surface area (Å²) in [5.74, 6) is -0.709. The Bertz CT molecular complexity index is 877. The van der Waals surface area contributed by atoms with Crippen molar-refractivity contribution in [1.29, 1.82) is 0 Å². The van der Waals surface area contributed by atoms with Crippen LogP contribution in [0.3, 0.4) is 0 Å². The molecule has 1 fully saturated rings. The Labute approximate surface area is 184 Å². The summed E-state index contributed by atoms with van der Waals surface area (Å²) in [4.78, 5) is 14.6. The lowest BCUT2D eigenvalue weighted by Crippen LogP contribution is -2.46. The van der Waals surface area contributed by atoms with E-state index in [4.69, 9.17) is 40.2 Å². The van der Waals surface area contributed by atoms with E-state index in [0.29, 0.717) is 24.8 Å². The lowest BCUT2D eigenvalue weighted by molar-refractivity contribution is 0.0170. The summed E-state index contributed by atoms with van der Waals surface area (Å²) < 4.78 is 18.8. The molecule has 2 N–H and O–H groups in total. The topological polar surface area (TPSA) is 53.6 Å². The molecule has 9 heteroatoms. The predicted molar refractivity (Wildman–Crippen MR) is 116 cm³/mol. The van der Waals surface area contributed by atoms with E-state index in [1.807, 2.05) is 0 Å². The van der Waals surface area contributed by atoms with Crippen molar-refractivity contribution in [2.75, 3.05) is 32.8 Å². The van der Waals surface area contributed by atoms with Gasteiger partial charge in [0.25, 0.3) is 5.91 Å². The van der Waals surface area contributed by atoms with Gasteiger partial charge in [0.2, 0.25) is 0 Å². The maximum Gasteiger partial charge on any atom is 0.258 e. The number of halogens is 3. The number of carbonyl (C=O) groups is 1. The van der Waals surface area contributed by atoms with E-state index in [2.05, 4.69) is 15.5 Å². The van der Waals surface area contributed by atoms with Crippen LogP contribution in [0.1, 0.15) is 22.0 Å². The third-order valence-electron chi connectivity index (χ3n) is 4.60. The highest BCUT2D eigenvalue weighted by Gasteiger charge is 2.23. The number of nitrogens with one attached hydrogen (secondary N) is 2. The summed E-state index contributed by atoms with van der Waals surface area (Å²) >= 11 is 17.2. The van der Waals surface area contributed by atoms with Crippen molar-refractivity contribution in [3.05, 3.63) is 69.5 Å². The van der Waals surface area contributed by atoms with Gasteiger partial charge in [-0.05, 0) is 48.1 Å².